The Bertz CT molecular complexity index is 265. The predicted octanol–water partition coefficient (Wildman–Crippen LogP) is 2.05. The van der Waals surface area contributed by atoms with Crippen LogP contribution in [0.15, 0.2) is 0 Å². The van der Waals surface area contributed by atoms with E-state index in [-0.39, 0.29) is 16.9 Å². The molecular weight excluding hydrogens is 246 g/mol. The lowest BCUT2D eigenvalue weighted by molar-refractivity contribution is 0.537. The van der Waals surface area contributed by atoms with Crippen LogP contribution in [0.1, 0.15) is 33.6 Å². The van der Waals surface area contributed by atoms with Crippen molar-refractivity contribution in [3.63, 3.8) is 0 Å². The maximum absolute atomic E-state index is 11.4. The van der Waals surface area contributed by atoms with Crippen molar-refractivity contribution in [1.82, 2.24) is 5.32 Å². The smallest absolute Gasteiger partial charge is 0.151 e. The first-order valence-corrected chi connectivity index (χ1v) is 8.18. The van der Waals surface area contributed by atoms with Crippen LogP contribution < -0.4 is 5.32 Å². The molecule has 0 aromatic rings. The van der Waals surface area contributed by atoms with Gasteiger partial charge in [0.05, 0.1) is 5.75 Å². The summed E-state index contributed by atoms with van der Waals surface area (Å²) >= 11 is 6.08. The first-order chi connectivity index (χ1) is 7.37. The molecule has 3 nitrogen and oxygen atoms in total. The molecule has 0 bridgehead atoms. The largest absolute Gasteiger partial charge is 0.314 e. The first-order valence-electron chi connectivity index (χ1n) is 5.92. The Morgan fingerprint density at radius 3 is 2.38 bits per heavy atom. The number of nitrogens with one attached hydrogen (secondary N) is 1. The van der Waals surface area contributed by atoms with E-state index in [9.17, 15) is 8.42 Å². The highest BCUT2D eigenvalue weighted by Gasteiger charge is 2.10. The highest BCUT2D eigenvalue weighted by Crippen LogP contribution is 2.09. The van der Waals surface area contributed by atoms with Crippen molar-refractivity contribution in [2.24, 2.45) is 5.92 Å². The third kappa shape index (κ3) is 9.43. The van der Waals surface area contributed by atoms with Crippen LogP contribution in [-0.2, 0) is 9.84 Å². The number of rotatable bonds is 9. The maximum Gasteiger partial charge on any atom is 0.151 e. The summed E-state index contributed by atoms with van der Waals surface area (Å²) in [5.74, 6) is 1.07. The number of hydrogen-bond acceptors (Lipinski definition) is 3. The van der Waals surface area contributed by atoms with E-state index >= 15 is 0 Å². The average molecular weight is 270 g/mol. The van der Waals surface area contributed by atoms with Crippen LogP contribution in [0.5, 0.6) is 0 Å². The summed E-state index contributed by atoms with van der Waals surface area (Å²) < 4.78 is 22.8. The monoisotopic (exact) mass is 269 g/mol. The van der Waals surface area contributed by atoms with Gasteiger partial charge in [0.15, 0.2) is 9.84 Å². The van der Waals surface area contributed by atoms with Gasteiger partial charge >= 0.3 is 0 Å². The Balaban J connectivity index is 3.60. The Morgan fingerprint density at radius 1 is 1.25 bits per heavy atom. The number of alkyl halides is 1. The van der Waals surface area contributed by atoms with Crippen molar-refractivity contribution >= 4 is 21.4 Å². The van der Waals surface area contributed by atoms with E-state index in [0.29, 0.717) is 25.4 Å². The first kappa shape index (κ1) is 16.2. The molecule has 1 atom stereocenters. The molecule has 1 N–H and O–H groups in total. The Hall–Kier alpha value is 0.200. The third-order valence-corrected chi connectivity index (χ3v) is 4.39. The standard InChI is InChI=1S/C11H24ClNO2S/c1-4-6-16(14,15)7-5-13-9-11(12)8-10(2)3/h10-11,13H,4-9H2,1-3H3. The zero-order chi connectivity index (χ0) is 12.6. The van der Waals surface area contributed by atoms with Crippen molar-refractivity contribution in [1.29, 1.82) is 0 Å². The number of sulfone groups is 1. The normalized spacial score (nSPS) is 14.3. The molecule has 0 fully saturated rings. The van der Waals surface area contributed by atoms with Gasteiger partial charge in [-0.25, -0.2) is 8.42 Å². The van der Waals surface area contributed by atoms with E-state index in [1.807, 2.05) is 6.92 Å². The molecule has 0 aromatic carbocycles. The van der Waals surface area contributed by atoms with Crippen molar-refractivity contribution in [3.8, 4) is 0 Å². The van der Waals surface area contributed by atoms with Gasteiger partial charge in [-0.05, 0) is 18.8 Å². The molecule has 0 aliphatic rings. The molecule has 16 heavy (non-hydrogen) atoms. The van der Waals surface area contributed by atoms with Crippen molar-refractivity contribution in [2.45, 2.75) is 39.0 Å². The fourth-order valence-electron chi connectivity index (χ4n) is 1.49. The third-order valence-electron chi connectivity index (χ3n) is 2.20. The van der Waals surface area contributed by atoms with Crippen molar-refractivity contribution in [3.05, 3.63) is 0 Å². The predicted molar refractivity (Wildman–Crippen MR) is 70.9 cm³/mol. The zero-order valence-electron chi connectivity index (χ0n) is 10.5. The SMILES string of the molecule is CCCS(=O)(=O)CCNCC(Cl)CC(C)C. The molecule has 0 amide bonds. The summed E-state index contributed by atoms with van der Waals surface area (Å²) in [6.07, 6.45) is 1.64. The molecule has 0 rings (SSSR count). The van der Waals surface area contributed by atoms with E-state index < -0.39 is 9.84 Å². The van der Waals surface area contributed by atoms with E-state index in [0.717, 1.165) is 6.42 Å². The molecule has 0 spiro atoms. The van der Waals surface area contributed by atoms with Crippen molar-refractivity contribution < 1.29 is 8.42 Å². The Kier molecular flexibility index (Phi) is 8.42. The Morgan fingerprint density at radius 2 is 1.88 bits per heavy atom. The molecule has 0 aromatic heterocycles. The lowest BCUT2D eigenvalue weighted by atomic mass is 10.1. The van der Waals surface area contributed by atoms with Gasteiger partial charge in [0.1, 0.15) is 0 Å². The van der Waals surface area contributed by atoms with Crippen LogP contribution in [0.2, 0.25) is 0 Å². The van der Waals surface area contributed by atoms with Crippen LogP contribution in [-0.4, -0.2) is 38.4 Å². The summed E-state index contributed by atoms with van der Waals surface area (Å²) in [6.45, 7) is 7.32. The molecular formula is C11H24ClNO2S. The molecule has 0 aliphatic heterocycles. The molecule has 0 radical (unpaired) electrons. The van der Waals surface area contributed by atoms with E-state index in [1.165, 1.54) is 0 Å². The van der Waals surface area contributed by atoms with E-state index in [1.54, 1.807) is 0 Å². The van der Waals surface area contributed by atoms with Gasteiger partial charge in [-0.3, -0.25) is 0 Å². The second-order valence-electron chi connectivity index (χ2n) is 4.58. The summed E-state index contributed by atoms with van der Waals surface area (Å²) in [6, 6.07) is 0. The Labute approximate surface area is 105 Å². The van der Waals surface area contributed by atoms with E-state index in [4.69, 9.17) is 11.6 Å². The molecule has 0 saturated heterocycles. The minimum Gasteiger partial charge on any atom is -0.314 e. The van der Waals surface area contributed by atoms with Gasteiger partial charge in [-0.15, -0.1) is 11.6 Å². The van der Waals surface area contributed by atoms with Crippen LogP contribution in [0.25, 0.3) is 0 Å². The lowest BCUT2D eigenvalue weighted by Gasteiger charge is -2.12. The molecule has 1 unspecified atom stereocenters. The zero-order valence-corrected chi connectivity index (χ0v) is 12.1. The molecule has 0 aliphatic carbocycles. The summed E-state index contributed by atoms with van der Waals surface area (Å²) in [4.78, 5) is 0. The van der Waals surface area contributed by atoms with Crippen LogP contribution in [0.4, 0.5) is 0 Å². The highest BCUT2D eigenvalue weighted by atomic mass is 35.5. The van der Waals surface area contributed by atoms with Gasteiger partial charge in [0.25, 0.3) is 0 Å². The maximum atomic E-state index is 11.4. The van der Waals surface area contributed by atoms with Gasteiger partial charge in [-0.1, -0.05) is 20.8 Å². The quantitative estimate of drug-likeness (QED) is 0.515. The van der Waals surface area contributed by atoms with E-state index in [2.05, 4.69) is 19.2 Å². The minimum absolute atomic E-state index is 0.0916. The van der Waals surface area contributed by atoms with Crippen LogP contribution >= 0.6 is 11.6 Å². The fourth-order valence-corrected chi connectivity index (χ4v) is 3.24. The highest BCUT2D eigenvalue weighted by molar-refractivity contribution is 7.91. The summed E-state index contributed by atoms with van der Waals surface area (Å²) in [5, 5.41) is 3.19. The molecule has 98 valence electrons. The second kappa shape index (κ2) is 8.31. The van der Waals surface area contributed by atoms with Gasteiger partial charge in [0.2, 0.25) is 0 Å². The molecule has 0 saturated carbocycles. The van der Waals surface area contributed by atoms with Crippen LogP contribution in [0.3, 0.4) is 0 Å². The summed E-state index contributed by atoms with van der Waals surface area (Å²) in [7, 11) is -2.86. The van der Waals surface area contributed by atoms with Gasteiger partial charge in [0, 0.05) is 24.2 Å². The number of halogens is 1. The van der Waals surface area contributed by atoms with Gasteiger partial charge in [-0.2, -0.15) is 0 Å². The topological polar surface area (TPSA) is 46.2 Å². The molecule has 0 heterocycles. The average Bonchev–Trinajstić information content (AvgIpc) is 2.11. The van der Waals surface area contributed by atoms with Crippen LogP contribution in [0, 0.1) is 5.92 Å². The molecule has 5 heteroatoms. The van der Waals surface area contributed by atoms with Gasteiger partial charge < -0.3 is 5.32 Å². The lowest BCUT2D eigenvalue weighted by Crippen LogP contribution is -2.29. The minimum atomic E-state index is -2.86. The summed E-state index contributed by atoms with van der Waals surface area (Å²) in [5.41, 5.74) is 0. The second-order valence-corrected chi connectivity index (χ2v) is 7.50. The number of hydrogen-bond donors (Lipinski definition) is 1. The fraction of sp³-hybridized carbons (Fsp3) is 1.00. The van der Waals surface area contributed by atoms with Crippen molar-refractivity contribution in [2.75, 3.05) is 24.6 Å².